The summed E-state index contributed by atoms with van der Waals surface area (Å²) in [6, 6.07) is 11.1. The fourth-order valence-corrected chi connectivity index (χ4v) is 3.19. The van der Waals surface area contributed by atoms with Crippen LogP contribution in [0.1, 0.15) is 36.2 Å². The molecule has 2 amide bonds. The third kappa shape index (κ3) is 5.59. The Kier molecular flexibility index (Phi) is 7.66. The van der Waals surface area contributed by atoms with Crippen molar-refractivity contribution in [3.8, 4) is 0 Å². The second-order valence-electron chi connectivity index (χ2n) is 5.91. The van der Waals surface area contributed by atoms with Crippen LogP contribution in [0.5, 0.6) is 0 Å². The first kappa shape index (κ1) is 20.0. The van der Waals surface area contributed by atoms with Crippen LogP contribution in [0.25, 0.3) is 0 Å². The van der Waals surface area contributed by atoms with E-state index < -0.39 is 0 Å². The largest absolute Gasteiger partial charge is 0.329 e. The molecule has 0 aliphatic carbocycles. The average molecular weight is 372 g/mol. The molecule has 1 N–H and O–H groups in total. The molecule has 1 heterocycles. The third-order valence-electron chi connectivity index (χ3n) is 3.81. The van der Waals surface area contributed by atoms with Crippen LogP contribution in [0.3, 0.4) is 0 Å². The van der Waals surface area contributed by atoms with Gasteiger partial charge in [0, 0.05) is 24.0 Å². The number of benzene rings is 1. The van der Waals surface area contributed by atoms with Gasteiger partial charge in [-0.2, -0.15) is 0 Å². The summed E-state index contributed by atoms with van der Waals surface area (Å²) in [5.41, 5.74) is 2.32. The molecule has 0 spiro atoms. The molecule has 0 atom stereocenters. The molecule has 6 heteroatoms. The zero-order valence-electron chi connectivity index (χ0n) is 15.5. The van der Waals surface area contributed by atoms with E-state index in [0.717, 1.165) is 28.5 Å². The maximum absolute atomic E-state index is 12.9. The highest BCUT2D eigenvalue weighted by molar-refractivity contribution is 7.99. The molecule has 2 rings (SSSR count). The zero-order valence-corrected chi connectivity index (χ0v) is 16.3. The van der Waals surface area contributed by atoms with Crippen LogP contribution >= 0.6 is 11.8 Å². The van der Waals surface area contributed by atoms with Gasteiger partial charge in [-0.3, -0.25) is 9.59 Å². The number of para-hydroxylation sites is 1. The standard InChI is InChI=1S/C20H25N3O2S/c1-4-12-23(14-18(24)22-17-9-7-6-8-15(17)3)20(25)16-10-11-21-19(13-16)26-5-2/h6-11,13H,4-5,12,14H2,1-3H3,(H,22,24). The van der Waals surface area contributed by atoms with Crippen LogP contribution in [-0.4, -0.2) is 40.5 Å². The first-order valence-electron chi connectivity index (χ1n) is 8.78. The lowest BCUT2D eigenvalue weighted by molar-refractivity contribution is -0.116. The molecule has 1 aromatic carbocycles. The van der Waals surface area contributed by atoms with E-state index in [1.54, 1.807) is 35.0 Å². The summed E-state index contributed by atoms with van der Waals surface area (Å²) in [6.07, 6.45) is 2.42. The Morgan fingerprint density at radius 3 is 2.65 bits per heavy atom. The molecule has 138 valence electrons. The van der Waals surface area contributed by atoms with E-state index in [9.17, 15) is 9.59 Å². The van der Waals surface area contributed by atoms with Gasteiger partial charge in [0.15, 0.2) is 0 Å². The lowest BCUT2D eigenvalue weighted by Gasteiger charge is -2.22. The molecule has 2 aromatic rings. The molecule has 0 fully saturated rings. The fourth-order valence-electron chi connectivity index (χ4n) is 2.55. The number of hydrogen-bond donors (Lipinski definition) is 1. The molecule has 0 saturated heterocycles. The van der Waals surface area contributed by atoms with Gasteiger partial charge in [-0.1, -0.05) is 32.0 Å². The number of rotatable bonds is 8. The van der Waals surface area contributed by atoms with Crippen molar-refractivity contribution in [3.63, 3.8) is 0 Å². The number of carbonyl (C=O) groups is 2. The van der Waals surface area contributed by atoms with Gasteiger partial charge >= 0.3 is 0 Å². The van der Waals surface area contributed by atoms with Gasteiger partial charge in [-0.25, -0.2) is 4.98 Å². The van der Waals surface area contributed by atoms with Crippen molar-refractivity contribution in [2.75, 3.05) is 24.2 Å². The molecule has 0 saturated carbocycles. The normalized spacial score (nSPS) is 10.4. The molecule has 0 radical (unpaired) electrons. The number of carbonyl (C=O) groups excluding carboxylic acids is 2. The van der Waals surface area contributed by atoms with Crippen molar-refractivity contribution in [2.24, 2.45) is 0 Å². The van der Waals surface area contributed by atoms with Crippen LogP contribution in [0.15, 0.2) is 47.6 Å². The quantitative estimate of drug-likeness (QED) is 0.713. The SMILES string of the molecule is CCCN(CC(=O)Nc1ccccc1C)C(=O)c1ccnc(SCC)c1. The highest BCUT2D eigenvalue weighted by Crippen LogP contribution is 2.17. The van der Waals surface area contributed by atoms with Gasteiger partial charge < -0.3 is 10.2 Å². The summed E-state index contributed by atoms with van der Waals surface area (Å²) in [5, 5.41) is 3.71. The Morgan fingerprint density at radius 1 is 1.19 bits per heavy atom. The molecule has 0 unspecified atom stereocenters. The number of thioether (sulfide) groups is 1. The molecule has 1 aromatic heterocycles. The van der Waals surface area contributed by atoms with E-state index in [0.29, 0.717) is 12.1 Å². The monoisotopic (exact) mass is 371 g/mol. The Labute approximate surface area is 159 Å². The maximum Gasteiger partial charge on any atom is 0.254 e. The molecular formula is C20H25N3O2S. The number of nitrogens with one attached hydrogen (secondary N) is 1. The Hall–Kier alpha value is -2.34. The van der Waals surface area contributed by atoms with Crippen molar-refractivity contribution >= 4 is 29.3 Å². The molecule has 0 aliphatic rings. The smallest absolute Gasteiger partial charge is 0.254 e. The van der Waals surface area contributed by atoms with Crippen LogP contribution in [0, 0.1) is 6.92 Å². The van der Waals surface area contributed by atoms with Crippen LogP contribution in [0.2, 0.25) is 0 Å². The summed E-state index contributed by atoms with van der Waals surface area (Å²) in [5.74, 6) is 0.549. The second kappa shape index (κ2) is 9.97. The van der Waals surface area contributed by atoms with Gasteiger partial charge in [0.25, 0.3) is 5.91 Å². The van der Waals surface area contributed by atoms with E-state index in [1.807, 2.05) is 45.0 Å². The predicted molar refractivity (Wildman–Crippen MR) is 107 cm³/mol. The van der Waals surface area contributed by atoms with Gasteiger partial charge in [-0.05, 0) is 42.9 Å². The number of pyridine rings is 1. The van der Waals surface area contributed by atoms with E-state index in [2.05, 4.69) is 10.3 Å². The number of nitrogens with zero attached hydrogens (tertiary/aromatic N) is 2. The molecule has 26 heavy (non-hydrogen) atoms. The van der Waals surface area contributed by atoms with Crippen molar-refractivity contribution in [2.45, 2.75) is 32.2 Å². The minimum atomic E-state index is -0.196. The Bertz CT molecular complexity index is 764. The van der Waals surface area contributed by atoms with Gasteiger partial charge in [0.1, 0.15) is 6.54 Å². The predicted octanol–water partition coefficient (Wildman–Crippen LogP) is 3.99. The van der Waals surface area contributed by atoms with Gasteiger partial charge in [-0.15, -0.1) is 11.8 Å². The first-order valence-corrected chi connectivity index (χ1v) is 9.77. The van der Waals surface area contributed by atoms with Crippen molar-refractivity contribution in [1.82, 2.24) is 9.88 Å². The highest BCUT2D eigenvalue weighted by Gasteiger charge is 2.19. The Balaban J connectivity index is 2.09. The molecule has 5 nitrogen and oxygen atoms in total. The van der Waals surface area contributed by atoms with E-state index >= 15 is 0 Å². The first-order chi connectivity index (χ1) is 12.5. The second-order valence-corrected chi connectivity index (χ2v) is 7.19. The molecular weight excluding hydrogens is 346 g/mol. The molecule has 0 bridgehead atoms. The van der Waals surface area contributed by atoms with E-state index in [1.165, 1.54) is 0 Å². The maximum atomic E-state index is 12.9. The lowest BCUT2D eigenvalue weighted by atomic mass is 10.2. The van der Waals surface area contributed by atoms with Crippen molar-refractivity contribution in [3.05, 3.63) is 53.7 Å². The van der Waals surface area contributed by atoms with Gasteiger partial charge in [0.2, 0.25) is 5.91 Å². The van der Waals surface area contributed by atoms with Crippen LogP contribution in [0.4, 0.5) is 5.69 Å². The highest BCUT2D eigenvalue weighted by atomic mass is 32.2. The minimum absolute atomic E-state index is 0.0274. The summed E-state index contributed by atoms with van der Waals surface area (Å²) >= 11 is 1.59. The number of aryl methyl sites for hydroxylation is 1. The molecule has 0 aliphatic heterocycles. The van der Waals surface area contributed by atoms with Crippen LogP contribution in [-0.2, 0) is 4.79 Å². The number of hydrogen-bond acceptors (Lipinski definition) is 4. The van der Waals surface area contributed by atoms with E-state index in [4.69, 9.17) is 0 Å². The summed E-state index contributed by atoms with van der Waals surface area (Å²) in [6.45, 7) is 6.53. The lowest BCUT2D eigenvalue weighted by Crippen LogP contribution is -2.38. The van der Waals surface area contributed by atoms with E-state index in [-0.39, 0.29) is 18.4 Å². The Morgan fingerprint density at radius 2 is 1.96 bits per heavy atom. The fraction of sp³-hybridized carbons (Fsp3) is 0.350. The van der Waals surface area contributed by atoms with Crippen molar-refractivity contribution < 1.29 is 9.59 Å². The summed E-state index contributed by atoms with van der Waals surface area (Å²) in [7, 11) is 0. The van der Waals surface area contributed by atoms with Gasteiger partial charge in [0.05, 0.1) is 5.03 Å². The summed E-state index contributed by atoms with van der Waals surface area (Å²) < 4.78 is 0. The summed E-state index contributed by atoms with van der Waals surface area (Å²) in [4.78, 5) is 31.1. The third-order valence-corrected chi connectivity index (χ3v) is 4.62. The average Bonchev–Trinajstić information content (AvgIpc) is 2.63. The van der Waals surface area contributed by atoms with Crippen molar-refractivity contribution in [1.29, 1.82) is 0 Å². The number of anilines is 1. The van der Waals surface area contributed by atoms with Crippen LogP contribution < -0.4 is 5.32 Å². The zero-order chi connectivity index (χ0) is 18.9. The number of aromatic nitrogens is 1. The number of amides is 2. The minimum Gasteiger partial charge on any atom is -0.329 e. The topological polar surface area (TPSA) is 62.3 Å².